The summed E-state index contributed by atoms with van der Waals surface area (Å²) in [6.45, 7) is 4.20. The molecular weight excluding hydrogens is 345 g/mol. The van der Waals surface area contributed by atoms with E-state index in [0.717, 1.165) is 42.0 Å². The Hall–Kier alpha value is -1.80. The van der Waals surface area contributed by atoms with Gasteiger partial charge in [0.2, 0.25) is 0 Å². The van der Waals surface area contributed by atoms with Gasteiger partial charge in [-0.15, -0.1) is 23.1 Å². The molecule has 1 aliphatic rings. The first-order valence-corrected chi connectivity index (χ1v) is 9.66. The number of nitrogens with zero attached hydrogens (tertiary/aromatic N) is 4. The van der Waals surface area contributed by atoms with Crippen LogP contribution in [0.2, 0.25) is 0 Å². The lowest BCUT2D eigenvalue weighted by Gasteiger charge is -2.35. The van der Waals surface area contributed by atoms with Crippen molar-refractivity contribution in [3.8, 4) is 0 Å². The molecule has 1 aromatic carbocycles. The lowest BCUT2D eigenvalue weighted by Crippen LogP contribution is -2.51. The van der Waals surface area contributed by atoms with Crippen molar-refractivity contribution < 1.29 is 4.39 Å². The van der Waals surface area contributed by atoms with Crippen LogP contribution in [0.1, 0.15) is 0 Å². The maximum Gasteiger partial charge on any atom is 0.191 e. The summed E-state index contributed by atoms with van der Waals surface area (Å²) in [5.41, 5.74) is 6.10. The minimum absolute atomic E-state index is 0.210. The van der Waals surface area contributed by atoms with Crippen LogP contribution < -0.4 is 10.6 Å². The normalized spacial score (nSPS) is 15.8. The summed E-state index contributed by atoms with van der Waals surface area (Å²) < 4.78 is 12.8. The SMILES string of the molecule is NC(=NCCSc1ccc(F)cc1)N1CCN(c2nccs2)CC1. The Kier molecular flexibility index (Phi) is 5.92. The third-order valence-corrected chi connectivity index (χ3v) is 5.57. The molecular formula is C16H20FN5S2. The van der Waals surface area contributed by atoms with Crippen LogP contribution in [0.4, 0.5) is 9.52 Å². The average Bonchev–Trinajstić information content (AvgIpc) is 3.15. The number of thioether (sulfide) groups is 1. The van der Waals surface area contributed by atoms with Crippen LogP contribution in [0.5, 0.6) is 0 Å². The highest BCUT2D eigenvalue weighted by Gasteiger charge is 2.19. The van der Waals surface area contributed by atoms with Gasteiger partial charge in [0, 0.05) is 48.4 Å². The van der Waals surface area contributed by atoms with Crippen molar-refractivity contribution in [2.24, 2.45) is 10.7 Å². The summed E-state index contributed by atoms with van der Waals surface area (Å²) in [5, 5.41) is 3.07. The third-order valence-electron chi connectivity index (χ3n) is 3.74. The molecule has 0 saturated carbocycles. The molecule has 1 aromatic heterocycles. The fourth-order valence-corrected chi connectivity index (χ4v) is 3.90. The molecule has 2 N–H and O–H groups in total. The summed E-state index contributed by atoms with van der Waals surface area (Å²) in [5.74, 6) is 1.22. The Bertz CT molecular complexity index is 652. The number of anilines is 1. The molecule has 5 nitrogen and oxygen atoms in total. The molecule has 3 rings (SSSR count). The molecule has 1 fully saturated rings. The summed E-state index contributed by atoms with van der Waals surface area (Å²) in [4.78, 5) is 14.2. The Balaban J connectivity index is 1.40. The third kappa shape index (κ3) is 4.61. The molecule has 0 bridgehead atoms. The van der Waals surface area contributed by atoms with Crippen molar-refractivity contribution in [1.82, 2.24) is 9.88 Å². The Labute approximate surface area is 149 Å². The van der Waals surface area contributed by atoms with E-state index in [1.165, 1.54) is 12.1 Å². The largest absolute Gasteiger partial charge is 0.370 e. The van der Waals surface area contributed by atoms with Gasteiger partial charge < -0.3 is 15.5 Å². The first-order valence-electron chi connectivity index (χ1n) is 7.80. The maximum absolute atomic E-state index is 12.8. The Morgan fingerprint density at radius 3 is 2.67 bits per heavy atom. The number of aromatic nitrogens is 1. The highest BCUT2D eigenvalue weighted by atomic mass is 32.2. The summed E-state index contributed by atoms with van der Waals surface area (Å²) in [6, 6.07) is 6.51. The second-order valence-electron chi connectivity index (χ2n) is 5.33. The number of piperazine rings is 1. The van der Waals surface area contributed by atoms with Gasteiger partial charge in [-0.1, -0.05) is 0 Å². The quantitative estimate of drug-likeness (QED) is 0.382. The number of rotatable bonds is 5. The molecule has 1 saturated heterocycles. The van der Waals surface area contributed by atoms with Gasteiger partial charge in [0.05, 0.1) is 6.54 Å². The first kappa shape index (κ1) is 17.0. The molecule has 2 heterocycles. The van der Waals surface area contributed by atoms with Crippen molar-refractivity contribution >= 4 is 34.2 Å². The van der Waals surface area contributed by atoms with E-state index >= 15 is 0 Å². The Morgan fingerprint density at radius 2 is 2.00 bits per heavy atom. The molecule has 8 heteroatoms. The molecule has 2 aromatic rings. The van der Waals surface area contributed by atoms with Gasteiger partial charge in [0.25, 0.3) is 0 Å². The summed E-state index contributed by atoms with van der Waals surface area (Å²) in [7, 11) is 0. The van der Waals surface area contributed by atoms with E-state index in [0.29, 0.717) is 12.5 Å². The molecule has 24 heavy (non-hydrogen) atoms. The minimum Gasteiger partial charge on any atom is -0.370 e. The first-order chi connectivity index (χ1) is 11.7. The topological polar surface area (TPSA) is 57.8 Å². The number of thiazole rings is 1. The summed E-state index contributed by atoms with van der Waals surface area (Å²) >= 11 is 3.32. The van der Waals surface area contributed by atoms with Crippen LogP contribution in [0.25, 0.3) is 0 Å². The molecule has 0 spiro atoms. The van der Waals surface area contributed by atoms with Crippen molar-refractivity contribution in [3.05, 3.63) is 41.7 Å². The standard InChI is InChI=1S/C16H20FN5S2/c17-13-1-3-14(4-2-13)23-11-5-19-15(18)21-7-9-22(10-8-21)16-20-6-12-24-16/h1-4,6,12H,5,7-11H2,(H2,18,19). The summed E-state index contributed by atoms with van der Waals surface area (Å²) in [6.07, 6.45) is 1.83. The number of hydrogen-bond donors (Lipinski definition) is 1. The number of aliphatic imine (C=N–C) groups is 1. The number of halogens is 1. The zero-order valence-corrected chi connectivity index (χ0v) is 14.9. The van der Waals surface area contributed by atoms with Crippen LogP contribution in [-0.2, 0) is 0 Å². The van der Waals surface area contributed by atoms with Crippen LogP contribution >= 0.6 is 23.1 Å². The predicted molar refractivity (Wildman–Crippen MR) is 99.5 cm³/mol. The zero-order valence-electron chi connectivity index (χ0n) is 13.3. The van der Waals surface area contributed by atoms with E-state index in [-0.39, 0.29) is 5.82 Å². The second-order valence-corrected chi connectivity index (χ2v) is 7.37. The van der Waals surface area contributed by atoms with E-state index < -0.39 is 0 Å². The van der Waals surface area contributed by atoms with Crippen LogP contribution in [0.15, 0.2) is 45.7 Å². The van der Waals surface area contributed by atoms with Gasteiger partial charge in [-0.05, 0) is 24.3 Å². The van der Waals surface area contributed by atoms with Gasteiger partial charge in [-0.25, -0.2) is 9.37 Å². The zero-order chi connectivity index (χ0) is 16.8. The highest BCUT2D eigenvalue weighted by molar-refractivity contribution is 7.99. The minimum atomic E-state index is -0.210. The molecule has 0 unspecified atom stereocenters. The average molecular weight is 366 g/mol. The molecule has 128 valence electrons. The maximum atomic E-state index is 12.8. The lowest BCUT2D eigenvalue weighted by molar-refractivity contribution is 0.381. The van der Waals surface area contributed by atoms with Gasteiger partial charge >= 0.3 is 0 Å². The van der Waals surface area contributed by atoms with E-state index in [1.54, 1.807) is 35.2 Å². The number of guanidine groups is 1. The van der Waals surface area contributed by atoms with E-state index in [1.807, 2.05) is 11.6 Å². The van der Waals surface area contributed by atoms with Crippen LogP contribution in [-0.4, -0.2) is 54.3 Å². The number of nitrogens with two attached hydrogens (primary N) is 1. The fourth-order valence-electron chi connectivity index (χ4n) is 2.45. The van der Waals surface area contributed by atoms with Gasteiger partial charge in [0.1, 0.15) is 5.82 Å². The van der Waals surface area contributed by atoms with Crippen LogP contribution in [0.3, 0.4) is 0 Å². The van der Waals surface area contributed by atoms with Gasteiger partial charge in [-0.3, -0.25) is 4.99 Å². The van der Waals surface area contributed by atoms with E-state index in [4.69, 9.17) is 5.73 Å². The molecule has 1 aliphatic heterocycles. The fraction of sp³-hybridized carbons (Fsp3) is 0.375. The van der Waals surface area contributed by atoms with Gasteiger partial charge in [-0.2, -0.15) is 0 Å². The van der Waals surface area contributed by atoms with Crippen LogP contribution in [0, 0.1) is 5.82 Å². The lowest BCUT2D eigenvalue weighted by atomic mass is 10.3. The van der Waals surface area contributed by atoms with E-state index in [2.05, 4.69) is 19.8 Å². The second kappa shape index (κ2) is 8.34. The number of benzene rings is 1. The molecule has 0 atom stereocenters. The monoisotopic (exact) mass is 365 g/mol. The molecule has 0 aliphatic carbocycles. The van der Waals surface area contributed by atoms with Crippen molar-refractivity contribution in [2.75, 3.05) is 43.4 Å². The number of hydrogen-bond acceptors (Lipinski definition) is 5. The van der Waals surface area contributed by atoms with E-state index in [9.17, 15) is 4.39 Å². The predicted octanol–water partition coefficient (Wildman–Crippen LogP) is 2.51. The van der Waals surface area contributed by atoms with Gasteiger partial charge in [0.15, 0.2) is 11.1 Å². The Morgan fingerprint density at radius 1 is 1.25 bits per heavy atom. The smallest absolute Gasteiger partial charge is 0.191 e. The highest BCUT2D eigenvalue weighted by Crippen LogP contribution is 2.19. The van der Waals surface area contributed by atoms with Crippen molar-refractivity contribution in [2.45, 2.75) is 4.90 Å². The van der Waals surface area contributed by atoms with Crippen molar-refractivity contribution in [1.29, 1.82) is 0 Å². The molecule has 0 amide bonds. The molecule has 0 radical (unpaired) electrons. The van der Waals surface area contributed by atoms with Crippen molar-refractivity contribution in [3.63, 3.8) is 0 Å².